The van der Waals surface area contributed by atoms with Gasteiger partial charge in [0, 0.05) is 5.56 Å². The van der Waals surface area contributed by atoms with Crippen LogP contribution in [-0.4, -0.2) is 28.1 Å². The molecule has 5 nitrogen and oxygen atoms in total. The van der Waals surface area contributed by atoms with E-state index in [9.17, 15) is 9.59 Å². The third-order valence-electron chi connectivity index (χ3n) is 2.48. The lowest BCUT2D eigenvalue weighted by Crippen LogP contribution is -2.49. The molecule has 6 heteroatoms. The highest BCUT2D eigenvalue weighted by atomic mass is 32.1. The highest BCUT2D eigenvalue weighted by Crippen LogP contribution is 2.02. The van der Waals surface area contributed by atoms with Crippen molar-refractivity contribution in [1.29, 1.82) is 0 Å². The number of amides is 1. The summed E-state index contributed by atoms with van der Waals surface area (Å²) in [5.41, 5.74) is 0.461. The molecule has 1 rings (SSSR count). The zero-order chi connectivity index (χ0) is 14.4. The molecule has 0 unspecified atom stereocenters. The molecule has 1 amide bonds. The van der Waals surface area contributed by atoms with Crippen LogP contribution >= 0.6 is 12.2 Å². The second-order valence-corrected chi connectivity index (χ2v) is 4.76. The van der Waals surface area contributed by atoms with Crippen LogP contribution < -0.4 is 10.6 Å². The minimum absolute atomic E-state index is 0.00922. The monoisotopic (exact) mass is 280 g/mol. The van der Waals surface area contributed by atoms with Crippen molar-refractivity contribution < 1.29 is 14.7 Å². The van der Waals surface area contributed by atoms with E-state index in [-0.39, 0.29) is 16.9 Å². The highest BCUT2D eigenvalue weighted by molar-refractivity contribution is 7.80. The fraction of sp³-hybridized carbons (Fsp3) is 0.308. The normalized spacial score (nSPS) is 11.7. The molecule has 0 fully saturated rings. The first kappa shape index (κ1) is 15.1. The van der Waals surface area contributed by atoms with Crippen LogP contribution in [0.2, 0.25) is 0 Å². The molecule has 0 aliphatic rings. The zero-order valence-electron chi connectivity index (χ0n) is 10.7. The van der Waals surface area contributed by atoms with Crippen molar-refractivity contribution in [2.24, 2.45) is 5.92 Å². The van der Waals surface area contributed by atoms with Crippen molar-refractivity contribution >= 4 is 29.2 Å². The van der Waals surface area contributed by atoms with Crippen LogP contribution in [0.15, 0.2) is 30.3 Å². The van der Waals surface area contributed by atoms with Crippen LogP contribution in [0, 0.1) is 5.92 Å². The van der Waals surface area contributed by atoms with E-state index in [0.29, 0.717) is 5.56 Å². The Bertz CT molecular complexity index is 474. The van der Waals surface area contributed by atoms with Crippen molar-refractivity contribution in [3.63, 3.8) is 0 Å². The average molecular weight is 280 g/mol. The third-order valence-corrected chi connectivity index (χ3v) is 2.70. The van der Waals surface area contributed by atoms with Crippen LogP contribution in [0.4, 0.5) is 0 Å². The standard InChI is InChI=1S/C13H16N2O3S/c1-8(2)10(12(17)18)14-13(19)15-11(16)9-6-4-3-5-7-9/h3-8,10H,1-2H3,(H,17,18)(H2,14,15,16,19)/t10-/m0/s1. The molecule has 0 spiro atoms. The SMILES string of the molecule is CC(C)[C@H](NC(=S)NC(=O)c1ccccc1)C(=O)O. The van der Waals surface area contributed by atoms with Crippen molar-refractivity contribution in [3.05, 3.63) is 35.9 Å². The maximum atomic E-state index is 11.8. The maximum Gasteiger partial charge on any atom is 0.326 e. The van der Waals surface area contributed by atoms with E-state index in [1.54, 1.807) is 44.2 Å². The van der Waals surface area contributed by atoms with Gasteiger partial charge in [0.15, 0.2) is 5.11 Å². The Hall–Kier alpha value is -1.95. The van der Waals surface area contributed by atoms with Gasteiger partial charge in [0.2, 0.25) is 0 Å². The molecule has 102 valence electrons. The number of thiocarbonyl (C=S) groups is 1. The van der Waals surface area contributed by atoms with Gasteiger partial charge in [0.05, 0.1) is 0 Å². The highest BCUT2D eigenvalue weighted by Gasteiger charge is 2.22. The summed E-state index contributed by atoms with van der Waals surface area (Å²) < 4.78 is 0. The number of carbonyl (C=O) groups is 2. The molecule has 0 aliphatic heterocycles. The van der Waals surface area contributed by atoms with Crippen LogP contribution in [0.5, 0.6) is 0 Å². The number of hydrogen-bond acceptors (Lipinski definition) is 3. The second-order valence-electron chi connectivity index (χ2n) is 4.35. The van der Waals surface area contributed by atoms with Gasteiger partial charge in [-0.05, 0) is 30.3 Å². The summed E-state index contributed by atoms with van der Waals surface area (Å²) in [6.45, 7) is 3.51. The van der Waals surface area contributed by atoms with Crippen molar-refractivity contribution in [2.45, 2.75) is 19.9 Å². The topological polar surface area (TPSA) is 78.4 Å². The number of carbonyl (C=O) groups excluding carboxylic acids is 1. The Balaban J connectivity index is 2.61. The minimum atomic E-state index is -1.01. The van der Waals surface area contributed by atoms with Crippen LogP contribution in [0.1, 0.15) is 24.2 Å². The van der Waals surface area contributed by atoms with Gasteiger partial charge in [0.25, 0.3) is 5.91 Å². The first-order valence-electron chi connectivity index (χ1n) is 5.81. The Morgan fingerprint density at radius 3 is 2.26 bits per heavy atom. The van der Waals surface area contributed by atoms with Crippen LogP contribution in [0.25, 0.3) is 0 Å². The van der Waals surface area contributed by atoms with E-state index in [4.69, 9.17) is 17.3 Å². The first-order chi connectivity index (χ1) is 8.91. The summed E-state index contributed by atoms with van der Waals surface area (Å²) in [7, 11) is 0. The maximum absolute atomic E-state index is 11.8. The summed E-state index contributed by atoms with van der Waals surface area (Å²) in [6.07, 6.45) is 0. The van der Waals surface area contributed by atoms with Crippen molar-refractivity contribution in [1.82, 2.24) is 10.6 Å². The number of carboxylic acid groups (broad SMARTS) is 1. The fourth-order valence-corrected chi connectivity index (χ4v) is 1.68. The Morgan fingerprint density at radius 1 is 1.21 bits per heavy atom. The third kappa shape index (κ3) is 4.67. The summed E-state index contributed by atoms with van der Waals surface area (Å²) in [4.78, 5) is 22.8. The number of carboxylic acids is 1. The second kappa shape index (κ2) is 6.84. The molecule has 1 aromatic rings. The van der Waals surface area contributed by atoms with Gasteiger partial charge in [-0.15, -0.1) is 0 Å². The van der Waals surface area contributed by atoms with Crippen LogP contribution in [-0.2, 0) is 4.79 Å². The number of hydrogen-bond donors (Lipinski definition) is 3. The smallest absolute Gasteiger partial charge is 0.326 e. The molecule has 1 atom stereocenters. The Labute approximate surface area is 117 Å². The molecular weight excluding hydrogens is 264 g/mol. The lowest BCUT2D eigenvalue weighted by molar-refractivity contribution is -0.140. The molecule has 1 aromatic carbocycles. The summed E-state index contributed by atoms with van der Waals surface area (Å²) in [5, 5.41) is 14.1. The van der Waals surface area contributed by atoms with E-state index < -0.39 is 12.0 Å². The van der Waals surface area contributed by atoms with E-state index >= 15 is 0 Å². The first-order valence-corrected chi connectivity index (χ1v) is 6.22. The van der Waals surface area contributed by atoms with Gasteiger partial charge < -0.3 is 10.4 Å². The molecule has 0 aliphatic carbocycles. The van der Waals surface area contributed by atoms with Gasteiger partial charge in [-0.1, -0.05) is 32.0 Å². The summed E-state index contributed by atoms with van der Waals surface area (Å²) in [6, 6.07) is 7.74. The van der Waals surface area contributed by atoms with Gasteiger partial charge in [-0.25, -0.2) is 4.79 Å². The summed E-state index contributed by atoms with van der Waals surface area (Å²) >= 11 is 4.94. The van der Waals surface area contributed by atoms with Crippen molar-refractivity contribution in [3.8, 4) is 0 Å². The fourth-order valence-electron chi connectivity index (χ4n) is 1.46. The minimum Gasteiger partial charge on any atom is -0.480 e. The zero-order valence-corrected chi connectivity index (χ0v) is 11.5. The molecule has 0 bridgehead atoms. The van der Waals surface area contributed by atoms with Gasteiger partial charge in [-0.2, -0.15) is 0 Å². The molecule has 0 saturated heterocycles. The van der Waals surface area contributed by atoms with E-state index in [1.165, 1.54) is 0 Å². The van der Waals surface area contributed by atoms with Gasteiger partial charge in [-0.3, -0.25) is 10.1 Å². The van der Waals surface area contributed by atoms with Gasteiger partial charge in [0.1, 0.15) is 6.04 Å². The van der Waals surface area contributed by atoms with Crippen LogP contribution in [0.3, 0.4) is 0 Å². The quantitative estimate of drug-likeness (QED) is 0.727. The molecule has 0 heterocycles. The molecule has 19 heavy (non-hydrogen) atoms. The Morgan fingerprint density at radius 2 is 1.79 bits per heavy atom. The number of benzene rings is 1. The average Bonchev–Trinajstić information content (AvgIpc) is 2.36. The molecule has 3 N–H and O–H groups in total. The lowest BCUT2D eigenvalue weighted by Gasteiger charge is -2.19. The molecule has 0 aromatic heterocycles. The van der Waals surface area contributed by atoms with Gasteiger partial charge >= 0.3 is 5.97 Å². The van der Waals surface area contributed by atoms with E-state index in [0.717, 1.165) is 0 Å². The molecular formula is C13H16N2O3S. The van der Waals surface area contributed by atoms with E-state index in [2.05, 4.69) is 10.6 Å². The molecule has 0 saturated carbocycles. The van der Waals surface area contributed by atoms with Crippen molar-refractivity contribution in [2.75, 3.05) is 0 Å². The largest absolute Gasteiger partial charge is 0.480 e. The number of rotatable bonds is 4. The summed E-state index contributed by atoms with van der Waals surface area (Å²) in [5.74, 6) is -1.53. The van der Waals surface area contributed by atoms with E-state index in [1.807, 2.05) is 0 Å². The predicted octanol–water partition coefficient (Wildman–Crippen LogP) is 1.40. The lowest BCUT2D eigenvalue weighted by atomic mass is 10.1. The number of nitrogens with one attached hydrogen (secondary N) is 2. The predicted molar refractivity (Wildman–Crippen MR) is 75.9 cm³/mol. The number of aliphatic carboxylic acids is 1. The molecule has 0 radical (unpaired) electrons. The Kier molecular flexibility index (Phi) is 5.44.